The Balaban J connectivity index is 2.75. The Morgan fingerprint density at radius 3 is 2.27 bits per heavy atom. The van der Waals surface area contributed by atoms with Crippen LogP contribution in [0.2, 0.25) is 0 Å². The molecule has 0 aromatic rings. The molecule has 4 nitrogen and oxygen atoms in total. The fraction of sp³-hybridized carbons (Fsp3) is 0.909. The Morgan fingerprint density at radius 1 is 1.33 bits per heavy atom. The SMILES string of the molecule is CCN(CC)C(=N)C1(OC)CCOCC1. The molecule has 4 heteroatoms. The van der Waals surface area contributed by atoms with Gasteiger partial charge in [0.05, 0.1) is 0 Å². The van der Waals surface area contributed by atoms with E-state index >= 15 is 0 Å². The van der Waals surface area contributed by atoms with Crippen LogP contribution >= 0.6 is 0 Å². The second kappa shape index (κ2) is 5.47. The number of nitrogens with one attached hydrogen (secondary N) is 1. The van der Waals surface area contributed by atoms with Gasteiger partial charge < -0.3 is 14.4 Å². The minimum absolute atomic E-state index is 0.412. The lowest BCUT2D eigenvalue weighted by Crippen LogP contribution is -2.52. The molecule has 0 aliphatic carbocycles. The van der Waals surface area contributed by atoms with E-state index in [1.807, 2.05) is 0 Å². The summed E-state index contributed by atoms with van der Waals surface area (Å²) < 4.78 is 10.9. The van der Waals surface area contributed by atoms with Gasteiger partial charge in [-0.1, -0.05) is 0 Å². The van der Waals surface area contributed by atoms with Crippen LogP contribution in [0.3, 0.4) is 0 Å². The second-order valence-corrected chi connectivity index (χ2v) is 3.83. The first-order chi connectivity index (χ1) is 7.20. The van der Waals surface area contributed by atoms with Gasteiger partial charge in [-0.3, -0.25) is 5.41 Å². The zero-order chi connectivity index (χ0) is 11.3. The predicted octanol–water partition coefficient (Wildman–Crippen LogP) is 1.50. The number of likely N-dealkylation sites (N-methyl/N-ethyl adjacent to an activating group) is 1. The Hall–Kier alpha value is -0.610. The third-order valence-electron chi connectivity index (χ3n) is 3.20. The smallest absolute Gasteiger partial charge is 0.129 e. The van der Waals surface area contributed by atoms with E-state index in [4.69, 9.17) is 14.9 Å². The maximum Gasteiger partial charge on any atom is 0.129 e. The summed E-state index contributed by atoms with van der Waals surface area (Å²) in [7, 11) is 1.70. The predicted molar refractivity (Wildman–Crippen MR) is 60.4 cm³/mol. The van der Waals surface area contributed by atoms with Crippen molar-refractivity contribution >= 4 is 5.84 Å². The summed E-state index contributed by atoms with van der Waals surface area (Å²) in [5.74, 6) is 0.610. The molecule has 88 valence electrons. The monoisotopic (exact) mass is 214 g/mol. The Kier molecular flexibility index (Phi) is 4.54. The maximum absolute atomic E-state index is 8.23. The van der Waals surface area contributed by atoms with E-state index in [1.54, 1.807) is 7.11 Å². The highest BCUT2D eigenvalue weighted by Crippen LogP contribution is 2.27. The molecule has 1 aliphatic rings. The zero-order valence-corrected chi connectivity index (χ0v) is 10.0. The van der Waals surface area contributed by atoms with Crippen LogP contribution in [-0.4, -0.2) is 49.7 Å². The highest BCUT2D eigenvalue weighted by atomic mass is 16.5. The maximum atomic E-state index is 8.23. The van der Waals surface area contributed by atoms with Crippen LogP contribution in [0.4, 0.5) is 0 Å². The molecule has 0 unspecified atom stereocenters. The quantitative estimate of drug-likeness (QED) is 0.570. The number of ether oxygens (including phenoxy) is 2. The van der Waals surface area contributed by atoms with E-state index in [1.165, 1.54) is 0 Å². The topological polar surface area (TPSA) is 45.6 Å². The van der Waals surface area contributed by atoms with Crippen molar-refractivity contribution in [2.45, 2.75) is 32.3 Å². The molecule has 1 heterocycles. The molecule has 1 saturated heterocycles. The molecular weight excluding hydrogens is 192 g/mol. The third kappa shape index (κ3) is 2.49. The summed E-state index contributed by atoms with van der Waals surface area (Å²) >= 11 is 0. The molecule has 15 heavy (non-hydrogen) atoms. The van der Waals surface area contributed by atoms with Gasteiger partial charge >= 0.3 is 0 Å². The molecule has 0 saturated carbocycles. The average molecular weight is 214 g/mol. The van der Waals surface area contributed by atoms with Crippen molar-refractivity contribution in [2.24, 2.45) is 0 Å². The lowest BCUT2D eigenvalue weighted by molar-refractivity contribution is -0.0525. The summed E-state index contributed by atoms with van der Waals surface area (Å²) in [6.45, 7) is 7.25. The van der Waals surface area contributed by atoms with Crippen molar-refractivity contribution in [1.29, 1.82) is 5.41 Å². The van der Waals surface area contributed by atoms with E-state index in [0.717, 1.165) is 25.9 Å². The van der Waals surface area contributed by atoms with E-state index < -0.39 is 5.60 Å². The molecule has 0 aromatic heterocycles. The van der Waals surface area contributed by atoms with Gasteiger partial charge in [-0.05, 0) is 13.8 Å². The largest absolute Gasteiger partial charge is 0.381 e. The Labute approximate surface area is 92.1 Å². The average Bonchev–Trinajstić information content (AvgIpc) is 2.31. The summed E-state index contributed by atoms with van der Waals surface area (Å²) in [5, 5.41) is 8.23. The lowest BCUT2D eigenvalue weighted by Gasteiger charge is -2.40. The summed E-state index contributed by atoms with van der Waals surface area (Å²) in [4.78, 5) is 2.05. The number of amidine groups is 1. The fourth-order valence-corrected chi connectivity index (χ4v) is 2.07. The molecule has 1 N–H and O–H groups in total. The van der Waals surface area contributed by atoms with Crippen LogP contribution in [-0.2, 0) is 9.47 Å². The van der Waals surface area contributed by atoms with Gasteiger partial charge in [-0.15, -0.1) is 0 Å². The summed E-state index contributed by atoms with van der Waals surface area (Å²) in [5.41, 5.74) is -0.412. The van der Waals surface area contributed by atoms with Gasteiger partial charge in [0, 0.05) is 46.3 Å². The molecule has 0 radical (unpaired) electrons. The van der Waals surface area contributed by atoms with Gasteiger partial charge in [0.15, 0.2) is 0 Å². The number of hydrogen-bond acceptors (Lipinski definition) is 3. The van der Waals surface area contributed by atoms with E-state index in [2.05, 4.69) is 18.7 Å². The van der Waals surface area contributed by atoms with Crippen LogP contribution < -0.4 is 0 Å². The fourth-order valence-electron chi connectivity index (χ4n) is 2.07. The standard InChI is InChI=1S/C11H22N2O2/c1-4-13(5-2)10(12)11(14-3)6-8-15-9-7-11/h12H,4-9H2,1-3H3. The van der Waals surface area contributed by atoms with Gasteiger partial charge in [0.1, 0.15) is 11.4 Å². The van der Waals surface area contributed by atoms with Crippen molar-refractivity contribution in [3.8, 4) is 0 Å². The number of methoxy groups -OCH3 is 1. The normalized spacial score (nSPS) is 19.9. The van der Waals surface area contributed by atoms with Gasteiger partial charge in [-0.25, -0.2) is 0 Å². The van der Waals surface area contributed by atoms with Gasteiger partial charge in [0.2, 0.25) is 0 Å². The van der Waals surface area contributed by atoms with Crippen LogP contribution in [0.1, 0.15) is 26.7 Å². The summed E-state index contributed by atoms with van der Waals surface area (Å²) in [6.07, 6.45) is 1.58. The molecule has 1 aliphatic heterocycles. The van der Waals surface area contributed by atoms with E-state index in [9.17, 15) is 0 Å². The molecule has 1 fully saturated rings. The van der Waals surface area contributed by atoms with Gasteiger partial charge in [-0.2, -0.15) is 0 Å². The lowest BCUT2D eigenvalue weighted by atomic mass is 9.91. The Morgan fingerprint density at radius 2 is 1.87 bits per heavy atom. The van der Waals surface area contributed by atoms with Crippen molar-refractivity contribution in [3.05, 3.63) is 0 Å². The second-order valence-electron chi connectivity index (χ2n) is 3.83. The minimum atomic E-state index is -0.412. The van der Waals surface area contributed by atoms with Crippen molar-refractivity contribution in [1.82, 2.24) is 4.90 Å². The molecule has 0 atom stereocenters. The van der Waals surface area contributed by atoms with Crippen molar-refractivity contribution in [2.75, 3.05) is 33.4 Å². The molecule has 0 spiro atoms. The third-order valence-corrected chi connectivity index (χ3v) is 3.20. The van der Waals surface area contributed by atoms with Crippen LogP contribution in [0, 0.1) is 5.41 Å². The highest BCUT2D eigenvalue weighted by molar-refractivity contribution is 5.88. The first kappa shape index (κ1) is 12.5. The van der Waals surface area contributed by atoms with Crippen molar-refractivity contribution < 1.29 is 9.47 Å². The van der Waals surface area contributed by atoms with Gasteiger partial charge in [0.25, 0.3) is 0 Å². The minimum Gasteiger partial charge on any atom is -0.381 e. The van der Waals surface area contributed by atoms with E-state index in [-0.39, 0.29) is 0 Å². The highest BCUT2D eigenvalue weighted by Gasteiger charge is 2.39. The zero-order valence-electron chi connectivity index (χ0n) is 10.0. The van der Waals surface area contributed by atoms with Crippen LogP contribution in [0.25, 0.3) is 0 Å². The molecule has 0 bridgehead atoms. The molecule has 0 amide bonds. The molecule has 0 aromatic carbocycles. The molecule has 1 rings (SSSR count). The van der Waals surface area contributed by atoms with Crippen LogP contribution in [0.5, 0.6) is 0 Å². The van der Waals surface area contributed by atoms with Crippen LogP contribution in [0.15, 0.2) is 0 Å². The Bertz CT molecular complexity index is 209. The number of hydrogen-bond donors (Lipinski definition) is 1. The number of nitrogens with zero attached hydrogens (tertiary/aromatic N) is 1. The molecular formula is C11H22N2O2. The summed E-state index contributed by atoms with van der Waals surface area (Å²) in [6, 6.07) is 0. The van der Waals surface area contributed by atoms with Crippen molar-refractivity contribution in [3.63, 3.8) is 0 Å². The van der Waals surface area contributed by atoms with E-state index in [0.29, 0.717) is 19.0 Å². The number of rotatable bonds is 4. The first-order valence-corrected chi connectivity index (χ1v) is 5.67. The first-order valence-electron chi connectivity index (χ1n) is 5.67.